The number of benzene rings is 1. The lowest BCUT2D eigenvalue weighted by atomic mass is 10.1. The number of nitrogens with one attached hydrogen (secondary N) is 2. The monoisotopic (exact) mass is 354 g/mol. The van der Waals surface area contributed by atoms with Crippen molar-refractivity contribution in [2.75, 3.05) is 52.5 Å². The number of aliphatic imine (C=N–C) groups is 1. The van der Waals surface area contributed by atoms with E-state index < -0.39 is 11.6 Å². The van der Waals surface area contributed by atoms with Gasteiger partial charge >= 0.3 is 0 Å². The number of rotatable bonds is 8. The Labute approximate surface area is 148 Å². The molecule has 1 heterocycles. The molecule has 140 valence electrons. The van der Waals surface area contributed by atoms with Gasteiger partial charge in [0.1, 0.15) is 11.6 Å². The molecular weight excluding hydrogens is 326 g/mol. The Morgan fingerprint density at radius 1 is 1.16 bits per heavy atom. The molecule has 0 aliphatic carbocycles. The van der Waals surface area contributed by atoms with Crippen LogP contribution in [0.2, 0.25) is 0 Å². The largest absolute Gasteiger partial charge is 0.379 e. The lowest BCUT2D eigenvalue weighted by Crippen LogP contribution is -2.39. The summed E-state index contributed by atoms with van der Waals surface area (Å²) < 4.78 is 31.7. The highest BCUT2D eigenvalue weighted by atomic mass is 19.1. The maximum absolute atomic E-state index is 13.2. The van der Waals surface area contributed by atoms with Gasteiger partial charge in [0.15, 0.2) is 5.96 Å². The summed E-state index contributed by atoms with van der Waals surface area (Å²) in [7, 11) is 0. The van der Waals surface area contributed by atoms with Crippen LogP contribution in [-0.4, -0.2) is 63.3 Å². The number of guanidine groups is 1. The first-order chi connectivity index (χ1) is 12.2. The molecule has 0 saturated carbocycles. The average molecular weight is 354 g/mol. The first-order valence-corrected chi connectivity index (χ1v) is 8.94. The highest BCUT2D eigenvalue weighted by Gasteiger charge is 2.09. The highest BCUT2D eigenvalue weighted by Crippen LogP contribution is 2.08. The fourth-order valence-electron chi connectivity index (χ4n) is 2.73. The number of ether oxygens (including phenoxy) is 1. The molecule has 2 rings (SSSR count). The third-order valence-electron chi connectivity index (χ3n) is 3.98. The normalized spacial score (nSPS) is 16.0. The molecular formula is C18H28F2N4O. The van der Waals surface area contributed by atoms with Crippen LogP contribution < -0.4 is 10.6 Å². The Bertz CT molecular complexity index is 528. The number of hydrogen-bond acceptors (Lipinski definition) is 3. The lowest BCUT2D eigenvalue weighted by molar-refractivity contribution is 0.0377. The second-order valence-corrected chi connectivity index (χ2v) is 6.02. The van der Waals surface area contributed by atoms with E-state index in [1.807, 2.05) is 6.92 Å². The maximum atomic E-state index is 13.2. The summed E-state index contributed by atoms with van der Waals surface area (Å²) in [5.41, 5.74) is 0.633. The van der Waals surface area contributed by atoms with Crippen molar-refractivity contribution in [1.82, 2.24) is 15.5 Å². The first kappa shape index (κ1) is 19.6. The molecule has 0 unspecified atom stereocenters. The van der Waals surface area contributed by atoms with Crippen molar-refractivity contribution in [2.24, 2.45) is 4.99 Å². The fraction of sp³-hybridized carbons (Fsp3) is 0.611. The second-order valence-electron chi connectivity index (χ2n) is 6.02. The van der Waals surface area contributed by atoms with Gasteiger partial charge < -0.3 is 15.4 Å². The first-order valence-electron chi connectivity index (χ1n) is 8.94. The molecule has 0 radical (unpaired) electrons. The number of halogens is 2. The van der Waals surface area contributed by atoms with Crippen LogP contribution in [0.25, 0.3) is 0 Å². The van der Waals surface area contributed by atoms with Gasteiger partial charge in [-0.1, -0.05) is 0 Å². The molecule has 1 saturated heterocycles. The van der Waals surface area contributed by atoms with E-state index >= 15 is 0 Å². The summed E-state index contributed by atoms with van der Waals surface area (Å²) in [6.45, 7) is 8.71. The van der Waals surface area contributed by atoms with Gasteiger partial charge in [0, 0.05) is 45.3 Å². The molecule has 0 atom stereocenters. The van der Waals surface area contributed by atoms with Gasteiger partial charge in [-0.3, -0.25) is 9.89 Å². The van der Waals surface area contributed by atoms with Crippen LogP contribution >= 0.6 is 0 Å². The van der Waals surface area contributed by atoms with E-state index in [-0.39, 0.29) is 0 Å². The Kier molecular flexibility index (Phi) is 8.62. The van der Waals surface area contributed by atoms with Crippen molar-refractivity contribution >= 4 is 5.96 Å². The predicted octanol–water partition coefficient (Wildman–Crippen LogP) is 1.78. The van der Waals surface area contributed by atoms with Crippen LogP contribution in [0.5, 0.6) is 0 Å². The fourth-order valence-corrected chi connectivity index (χ4v) is 2.73. The van der Waals surface area contributed by atoms with Crippen LogP contribution in [-0.2, 0) is 11.2 Å². The van der Waals surface area contributed by atoms with Gasteiger partial charge in [-0.15, -0.1) is 0 Å². The van der Waals surface area contributed by atoms with Crippen LogP contribution in [0.15, 0.2) is 23.2 Å². The minimum atomic E-state index is -0.543. The number of nitrogens with zero attached hydrogens (tertiary/aromatic N) is 2. The quantitative estimate of drug-likeness (QED) is 0.425. The Balaban J connectivity index is 1.71. The zero-order valence-electron chi connectivity index (χ0n) is 14.9. The van der Waals surface area contributed by atoms with Crippen LogP contribution in [0.4, 0.5) is 8.78 Å². The van der Waals surface area contributed by atoms with Crippen molar-refractivity contribution in [2.45, 2.75) is 19.8 Å². The smallest absolute Gasteiger partial charge is 0.191 e. The van der Waals surface area contributed by atoms with E-state index in [1.165, 1.54) is 12.1 Å². The molecule has 1 aromatic rings. The van der Waals surface area contributed by atoms with Gasteiger partial charge in [-0.25, -0.2) is 8.78 Å². The van der Waals surface area contributed by atoms with Crippen molar-refractivity contribution < 1.29 is 13.5 Å². The van der Waals surface area contributed by atoms with Crippen molar-refractivity contribution in [1.29, 1.82) is 0 Å². The van der Waals surface area contributed by atoms with E-state index in [4.69, 9.17) is 4.74 Å². The molecule has 7 heteroatoms. The zero-order chi connectivity index (χ0) is 17.9. The van der Waals surface area contributed by atoms with Gasteiger partial charge in [0.25, 0.3) is 0 Å². The van der Waals surface area contributed by atoms with E-state index in [2.05, 4.69) is 20.5 Å². The molecule has 2 N–H and O–H groups in total. The number of hydrogen-bond donors (Lipinski definition) is 2. The average Bonchev–Trinajstić information content (AvgIpc) is 2.59. The molecule has 0 spiro atoms. The van der Waals surface area contributed by atoms with E-state index in [1.54, 1.807) is 0 Å². The summed E-state index contributed by atoms with van der Waals surface area (Å²) in [6.07, 6.45) is 1.53. The summed E-state index contributed by atoms with van der Waals surface area (Å²) >= 11 is 0. The van der Waals surface area contributed by atoms with Gasteiger partial charge in [0.2, 0.25) is 0 Å². The number of morpholine rings is 1. The molecule has 0 bridgehead atoms. The van der Waals surface area contributed by atoms with Crippen molar-refractivity contribution in [3.63, 3.8) is 0 Å². The van der Waals surface area contributed by atoms with E-state index in [0.29, 0.717) is 18.5 Å². The molecule has 0 amide bonds. The van der Waals surface area contributed by atoms with Crippen molar-refractivity contribution in [3.8, 4) is 0 Å². The topological polar surface area (TPSA) is 48.9 Å². The van der Waals surface area contributed by atoms with E-state index in [9.17, 15) is 8.78 Å². The van der Waals surface area contributed by atoms with Crippen LogP contribution in [0.3, 0.4) is 0 Å². The molecule has 25 heavy (non-hydrogen) atoms. The Morgan fingerprint density at radius 2 is 1.88 bits per heavy atom. The minimum Gasteiger partial charge on any atom is -0.379 e. The molecule has 5 nitrogen and oxygen atoms in total. The summed E-state index contributed by atoms with van der Waals surface area (Å²) in [6, 6.07) is 3.60. The summed E-state index contributed by atoms with van der Waals surface area (Å²) in [4.78, 5) is 6.94. The standard InChI is InChI=1S/C18H28F2N4O/c1-2-21-18(22-5-3-7-24-8-10-25-11-9-24)23-6-4-15-12-16(19)14-17(20)13-15/h12-14H,2-11H2,1H3,(H2,21,22,23). The van der Waals surface area contributed by atoms with Gasteiger partial charge in [0.05, 0.1) is 13.2 Å². The third kappa shape index (κ3) is 7.79. The highest BCUT2D eigenvalue weighted by molar-refractivity contribution is 5.79. The van der Waals surface area contributed by atoms with Gasteiger partial charge in [-0.05, 0) is 37.5 Å². The van der Waals surface area contributed by atoms with Crippen LogP contribution in [0.1, 0.15) is 18.9 Å². The van der Waals surface area contributed by atoms with Gasteiger partial charge in [-0.2, -0.15) is 0 Å². The Hall–Kier alpha value is -1.73. The molecule has 1 fully saturated rings. The zero-order valence-corrected chi connectivity index (χ0v) is 14.9. The summed E-state index contributed by atoms with van der Waals surface area (Å²) in [5, 5.41) is 6.39. The lowest BCUT2D eigenvalue weighted by Gasteiger charge is -2.26. The Morgan fingerprint density at radius 3 is 2.56 bits per heavy atom. The second kappa shape index (κ2) is 11.0. The summed E-state index contributed by atoms with van der Waals surface area (Å²) in [5.74, 6) is -0.348. The molecule has 1 aliphatic rings. The molecule has 1 aromatic carbocycles. The maximum Gasteiger partial charge on any atom is 0.191 e. The predicted molar refractivity (Wildman–Crippen MR) is 95.9 cm³/mol. The molecule has 0 aromatic heterocycles. The van der Waals surface area contributed by atoms with Crippen molar-refractivity contribution in [3.05, 3.63) is 35.4 Å². The minimum absolute atomic E-state index is 0.535. The third-order valence-corrected chi connectivity index (χ3v) is 3.98. The van der Waals surface area contributed by atoms with E-state index in [0.717, 1.165) is 64.4 Å². The SMILES string of the molecule is CCNC(=NCCCN1CCOCC1)NCCc1cc(F)cc(F)c1. The van der Waals surface area contributed by atoms with Crippen LogP contribution in [0, 0.1) is 11.6 Å². The molecule has 1 aliphatic heterocycles.